The largest absolute Gasteiger partial charge is 0.507 e. The fourth-order valence-corrected chi connectivity index (χ4v) is 7.13. The Morgan fingerprint density at radius 1 is 0.951 bits per heavy atom. The van der Waals surface area contributed by atoms with Crippen molar-refractivity contribution in [1.82, 2.24) is 4.98 Å². The summed E-state index contributed by atoms with van der Waals surface area (Å²) < 4.78 is 5.47. The molecule has 1 atom stereocenters. The normalized spacial score (nSPS) is 19.5. The summed E-state index contributed by atoms with van der Waals surface area (Å²) in [5.41, 5.74) is -4.36. The zero-order valence-electron chi connectivity index (χ0n) is 21.5. The molecule has 41 heavy (non-hydrogen) atoms. The van der Waals surface area contributed by atoms with Crippen molar-refractivity contribution in [2.45, 2.75) is 25.2 Å². The third-order valence-electron chi connectivity index (χ3n) is 7.94. The Bertz CT molecular complexity index is 1980. The number of H-pyrrole nitrogens is 1. The number of nitrogens with one attached hydrogen (secondary N) is 1. The van der Waals surface area contributed by atoms with Crippen molar-refractivity contribution < 1.29 is 39.2 Å². The number of phenolic OH excluding ortho intramolecular Hbond substituents is 3. The highest BCUT2D eigenvalue weighted by Crippen LogP contribution is 2.58. The van der Waals surface area contributed by atoms with Crippen LogP contribution in [0.1, 0.15) is 71.6 Å². The van der Waals surface area contributed by atoms with E-state index in [-0.39, 0.29) is 23.8 Å². The minimum absolute atomic E-state index is 0.0894. The number of allylic oxidation sites excluding steroid dienone is 5. The highest BCUT2D eigenvalue weighted by atomic mass is 127. The maximum Gasteiger partial charge on any atom is 0.260 e. The molecule has 10 nitrogen and oxygen atoms in total. The van der Waals surface area contributed by atoms with Crippen LogP contribution in [0.25, 0.3) is 16.8 Å². The molecule has 1 spiro atoms. The molecule has 1 aromatic heterocycles. The first-order chi connectivity index (χ1) is 19.5. The smallest absolute Gasteiger partial charge is 0.260 e. The highest BCUT2D eigenvalue weighted by molar-refractivity contribution is 14.1. The van der Waals surface area contributed by atoms with Crippen molar-refractivity contribution >= 4 is 62.6 Å². The number of aromatic hydroxyl groups is 3. The first-order valence-electron chi connectivity index (χ1n) is 12.5. The molecule has 206 valence electrons. The van der Waals surface area contributed by atoms with Gasteiger partial charge in [0.25, 0.3) is 5.56 Å². The first kappa shape index (κ1) is 26.7. The van der Waals surface area contributed by atoms with Crippen LogP contribution in [0, 0.1) is 3.57 Å². The third-order valence-corrected chi connectivity index (χ3v) is 9.18. The molecule has 3 aliphatic carbocycles. The average molecular weight is 665 g/mol. The molecule has 0 fully saturated rings. The number of carbonyl (C=O) groups is 4. The average Bonchev–Trinajstić information content (AvgIpc) is 3.45. The number of hydrogen-bond acceptors (Lipinski definition) is 9. The van der Waals surface area contributed by atoms with Gasteiger partial charge in [-0.05, 0) is 60.1 Å². The maximum absolute atomic E-state index is 14.1. The van der Waals surface area contributed by atoms with Gasteiger partial charge in [-0.2, -0.15) is 0 Å². The van der Waals surface area contributed by atoms with Crippen molar-refractivity contribution in [3.63, 3.8) is 0 Å². The van der Waals surface area contributed by atoms with E-state index in [9.17, 15) is 39.3 Å². The first-order valence-corrected chi connectivity index (χ1v) is 13.5. The topological polar surface area (TPSA) is 171 Å². The molecule has 0 radical (unpaired) electrons. The van der Waals surface area contributed by atoms with Gasteiger partial charge in [-0.3, -0.25) is 24.0 Å². The summed E-state index contributed by atoms with van der Waals surface area (Å²) in [6.45, 7) is 1.84. The van der Waals surface area contributed by atoms with Gasteiger partial charge < -0.3 is 25.0 Å². The van der Waals surface area contributed by atoms with E-state index in [4.69, 9.17) is 4.74 Å². The molecule has 2 aromatic carbocycles. The summed E-state index contributed by atoms with van der Waals surface area (Å²) in [4.78, 5) is 69.9. The lowest BCUT2D eigenvalue weighted by molar-refractivity contribution is 0.0790. The molecule has 0 saturated heterocycles. The van der Waals surface area contributed by atoms with Crippen molar-refractivity contribution in [3.05, 3.63) is 89.1 Å². The molecular formula is C30H20INO9. The van der Waals surface area contributed by atoms with E-state index in [0.717, 1.165) is 13.2 Å². The lowest BCUT2D eigenvalue weighted by Crippen LogP contribution is -2.36. The second-order valence-corrected chi connectivity index (χ2v) is 11.0. The van der Waals surface area contributed by atoms with Gasteiger partial charge in [0.15, 0.2) is 23.1 Å². The van der Waals surface area contributed by atoms with Gasteiger partial charge in [0.1, 0.15) is 22.7 Å². The van der Waals surface area contributed by atoms with Crippen LogP contribution in [0.5, 0.6) is 17.2 Å². The Morgan fingerprint density at radius 3 is 2.24 bits per heavy atom. The SMILES string of the molecule is C/C=C/C=C/c1cc2c(I)c3c(c(O)c2c(=O)[nH]1)C1(CC3)C(=O)c2c(O)c3c(c(O)c2C1=O)C(=O)C(OC)=CC3=O. The van der Waals surface area contributed by atoms with Crippen LogP contribution in [-0.4, -0.2) is 50.5 Å². The van der Waals surface area contributed by atoms with Gasteiger partial charge in [0.05, 0.1) is 34.7 Å². The highest BCUT2D eigenvalue weighted by Gasteiger charge is 2.62. The summed E-state index contributed by atoms with van der Waals surface area (Å²) in [7, 11) is 1.14. The van der Waals surface area contributed by atoms with Crippen LogP contribution in [0.2, 0.25) is 0 Å². The zero-order chi connectivity index (χ0) is 29.5. The Balaban J connectivity index is 1.62. The number of pyridine rings is 1. The van der Waals surface area contributed by atoms with Gasteiger partial charge in [0.2, 0.25) is 5.78 Å². The van der Waals surface area contributed by atoms with E-state index in [1.165, 1.54) is 0 Å². The van der Waals surface area contributed by atoms with Crippen LogP contribution in [-0.2, 0) is 16.6 Å². The summed E-state index contributed by atoms with van der Waals surface area (Å²) in [6, 6.07) is 1.68. The Labute approximate surface area is 244 Å². The molecule has 1 heterocycles. The van der Waals surface area contributed by atoms with Crippen molar-refractivity contribution in [2.75, 3.05) is 7.11 Å². The molecule has 0 bridgehead atoms. The second-order valence-electron chi connectivity index (χ2n) is 9.91. The van der Waals surface area contributed by atoms with Crippen molar-refractivity contribution in [2.24, 2.45) is 0 Å². The molecule has 0 amide bonds. The molecule has 3 aromatic rings. The number of methoxy groups -OCH3 is 1. The van der Waals surface area contributed by atoms with Crippen LogP contribution >= 0.6 is 22.6 Å². The third kappa shape index (κ3) is 3.26. The number of ether oxygens (including phenoxy) is 1. The lowest BCUT2D eigenvalue weighted by atomic mass is 9.76. The van der Waals surface area contributed by atoms with E-state index >= 15 is 0 Å². The maximum atomic E-state index is 14.1. The Morgan fingerprint density at radius 2 is 1.61 bits per heavy atom. The molecule has 11 heteroatoms. The molecule has 0 saturated carbocycles. The molecule has 4 N–H and O–H groups in total. The number of rotatable bonds is 3. The van der Waals surface area contributed by atoms with E-state index in [1.54, 1.807) is 24.3 Å². The Hall–Kier alpha value is -4.52. The van der Waals surface area contributed by atoms with E-state index < -0.39 is 79.4 Å². The number of aromatic nitrogens is 1. The van der Waals surface area contributed by atoms with Gasteiger partial charge in [-0.25, -0.2) is 0 Å². The monoisotopic (exact) mass is 665 g/mol. The number of ketones is 4. The van der Waals surface area contributed by atoms with Gasteiger partial charge in [-0.1, -0.05) is 18.2 Å². The van der Waals surface area contributed by atoms with Crippen LogP contribution in [0.15, 0.2) is 40.9 Å². The van der Waals surface area contributed by atoms with Crippen LogP contribution in [0.4, 0.5) is 0 Å². The lowest BCUT2D eigenvalue weighted by Gasteiger charge is -2.23. The minimum Gasteiger partial charge on any atom is -0.507 e. The standard InChI is InChI=1S/C30H20INO9/c1-3-4-5-6-11-9-13-16(29(40)32-11)26(37)21-12(22(13)31)7-8-30(21)27(38)19-20(28(30)39)25(36)18-17(24(19)35)14(33)10-15(41-2)23(18)34/h3-6,9-10,35-37H,7-8H2,1-2H3,(H,32,40)/b4-3+,6-5+. The fourth-order valence-electron chi connectivity index (χ4n) is 6.16. The number of halogens is 1. The summed E-state index contributed by atoms with van der Waals surface area (Å²) in [6.07, 6.45) is 7.87. The molecule has 6 rings (SSSR count). The number of Topliss-reactive ketones (excluding diaryl/α,β-unsaturated/α-hetero) is 3. The van der Waals surface area contributed by atoms with Crippen molar-refractivity contribution in [3.8, 4) is 17.2 Å². The minimum atomic E-state index is -2.09. The predicted octanol–water partition coefficient (Wildman–Crippen LogP) is 4.01. The zero-order valence-corrected chi connectivity index (χ0v) is 23.7. The van der Waals surface area contributed by atoms with Gasteiger partial charge in [0, 0.05) is 26.3 Å². The summed E-state index contributed by atoms with van der Waals surface area (Å²) >= 11 is 2.01. The van der Waals surface area contributed by atoms with E-state index in [1.807, 2.05) is 35.6 Å². The van der Waals surface area contributed by atoms with Crippen LogP contribution < -0.4 is 5.56 Å². The number of phenols is 3. The molecule has 0 aliphatic heterocycles. The quantitative estimate of drug-likeness (QED) is 0.140. The predicted molar refractivity (Wildman–Crippen MR) is 155 cm³/mol. The van der Waals surface area contributed by atoms with Crippen molar-refractivity contribution in [1.29, 1.82) is 0 Å². The summed E-state index contributed by atoms with van der Waals surface area (Å²) in [5.74, 6) is -6.54. The number of benzene rings is 2. The molecular weight excluding hydrogens is 645 g/mol. The van der Waals surface area contributed by atoms with E-state index in [2.05, 4.69) is 4.98 Å². The number of fused-ring (bicyclic) bond motifs is 5. The fraction of sp³-hybridized carbons (Fsp3) is 0.167. The number of hydrogen-bond donors (Lipinski definition) is 4. The Kier molecular flexibility index (Phi) is 5.86. The number of carbonyl (C=O) groups excluding carboxylic acids is 4. The number of aromatic amines is 1. The summed E-state index contributed by atoms with van der Waals surface area (Å²) in [5, 5.41) is 34.1. The second kappa shape index (κ2) is 8.99. The molecule has 3 aliphatic rings. The van der Waals surface area contributed by atoms with Crippen LogP contribution in [0.3, 0.4) is 0 Å². The van der Waals surface area contributed by atoms with Gasteiger partial charge in [-0.15, -0.1) is 0 Å². The molecule has 1 unspecified atom stereocenters. The van der Waals surface area contributed by atoms with E-state index in [0.29, 0.717) is 20.2 Å². The van der Waals surface area contributed by atoms with Gasteiger partial charge >= 0.3 is 0 Å².